The molecule has 1 amide bonds. The summed E-state index contributed by atoms with van der Waals surface area (Å²) in [6.45, 7) is 5.34. The van der Waals surface area contributed by atoms with Crippen LogP contribution in [0.1, 0.15) is 17.5 Å². The largest absolute Gasteiger partial charge is 0.392 e. The molecule has 0 aliphatic carbocycles. The number of β-amino-alcohol motifs (C(OH)–C–C–N with tert-alkyl or cyclic N) is 1. The van der Waals surface area contributed by atoms with Gasteiger partial charge in [0.1, 0.15) is 0 Å². The highest BCUT2D eigenvalue weighted by atomic mass is 16.3. The second kappa shape index (κ2) is 8.14. The lowest BCUT2D eigenvalue weighted by molar-refractivity contribution is -0.155. The van der Waals surface area contributed by atoms with Crippen molar-refractivity contribution in [2.45, 2.75) is 36.9 Å². The van der Waals surface area contributed by atoms with E-state index in [1.807, 2.05) is 35.2 Å². The first kappa shape index (κ1) is 19.7. The van der Waals surface area contributed by atoms with Crippen molar-refractivity contribution < 1.29 is 9.90 Å². The van der Waals surface area contributed by atoms with Crippen molar-refractivity contribution in [2.24, 2.45) is 0 Å². The Hall–Kier alpha value is -2.21. The average Bonchev–Trinajstić information content (AvgIpc) is 3.12. The number of benzene rings is 2. The summed E-state index contributed by atoms with van der Waals surface area (Å²) in [7, 11) is 0. The molecule has 2 aromatic rings. The lowest BCUT2D eigenvalue weighted by atomic mass is 9.83. The first-order chi connectivity index (χ1) is 14.6. The van der Waals surface area contributed by atoms with E-state index in [9.17, 15) is 9.90 Å². The molecule has 5 heteroatoms. The van der Waals surface area contributed by atoms with Crippen LogP contribution < -0.4 is 0 Å². The minimum atomic E-state index is -0.241. The van der Waals surface area contributed by atoms with Crippen LogP contribution in [0, 0.1) is 0 Å². The quantitative estimate of drug-likeness (QED) is 0.824. The van der Waals surface area contributed by atoms with Crippen LogP contribution in [0.3, 0.4) is 0 Å². The fourth-order valence-electron chi connectivity index (χ4n) is 5.62. The zero-order chi connectivity index (χ0) is 20.6. The Morgan fingerprint density at radius 3 is 2.30 bits per heavy atom. The van der Waals surface area contributed by atoms with Gasteiger partial charge in [0, 0.05) is 45.3 Å². The smallest absolute Gasteiger partial charge is 0.227 e. The third kappa shape index (κ3) is 3.89. The van der Waals surface area contributed by atoms with Gasteiger partial charge in [0.05, 0.1) is 18.1 Å². The first-order valence-corrected chi connectivity index (χ1v) is 11.1. The maximum Gasteiger partial charge on any atom is 0.227 e. The number of piperazine rings is 1. The highest BCUT2D eigenvalue weighted by Gasteiger charge is 2.56. The Bertz CT molecular complexity index is 866. The monoisotopic (exact) mass is 405 g/mol. The lowest BCUT2D eigenvalue weighted by Gasteiger charge is -2.61. The number of rotatable bonds is 5. The molecule has 5 rings (SSSR count). The van der Waals surface area contributed by atoms with E-state index < -0.39 is 0 Å². The van der Waals surface area contributed by atoms with Gasteiger partial charge in [-0.3, -0.25) is 14.6 Å². The van der Waals surface area contributed by atoms with Crippen LogP contribution >= 0.6 is 0 Å². The number of nitrogens with zero attached hydrogens (tertiary/aromatic N) is 3. The summed E-state index contributed by atoms with van der Waals surface area (Å²) in [5.41, 5.74) is 2.45. The van der Waals surface area contributed by atoms with Crippen LogP contribution in [0.4, 0.5) is 0 Å². The van der Waals surface area contributed by atoms with E-state index in [0.29, 0.717) is 12.5 Å². The summed E-state index contributed by atoms with van der Waals surface area (Å²) in [6, 6.07) is 21.1. The van der Waals surface area contributed by atoms with E-state index >= 15 is 0 Å². The molecule has 2 atom stereocenters. The standard InChI is InChI=1S/C25H31N3O2/c29-23-14-22-15-26(12-11-20-7-3-1-4-8-20)17-25(28(22)16-23)18-27(19-25)24(30)13-21-9-5-2-6-10-21/h1-10,22-23,29H,11-19H2. The summed E-state index contributed by atoms with van der Waals surface area (Å²) in [4.78, 5) is 19.9. The molecule has 0 saturated carbocycles. The number of hydrogen-bond acceptors (Lipinski definition) is 4. The van der Waals surface area contributed by atoms with E-state index in [1.54, 1.807) is 0 Å². The molecule has 1 spiro atoms. The van der Waals surface area contributed by atoms with Gasteiger partial charge in [-0.15, -0.1) is 0 Å². The van der Waals surface area contributed by atoms with Crippen LogP contribution in [0.5, 0.6) is 0 Å². The Morgan fingerprint density at radius 2 is 1.60 bits per heavy atom. The normalized spacial score (nSPS) is 25.8. The van der Waals surface area contributed by atoms with E-state index in [2.05, 4.69) is 40.1 Å². The summed E-state index contributed by atoms with van der Waals surface area (Å²) in [5, 5.41) is 10.3. The summed E-state index contributed by atoms with van der Waals surface area (Å²) < 4.78 is 0. The molecule has 3 aliphatic heterocycles. The van der Waals surface area contributed by atoms with Gasteiger partial charge >= 0.3 is 0 Å². The third-order valence-corrected chi connectivity index (χ3v) is 7.07. The SMILES string of the molecule is O=C(Cc1ccccc1)N1CC2(CN(CCc3ccccc3)CC3CC(O)CN32)C1. The van der Waals surface area contributed by atoms with Gasteiger partial charge in [-0.1, -0.05) is 60.7 Å². The van der Waals surface area contributed by atoms with Gasteiger partial charge in [-0.2, -0.15) is 0 Å². The molecule has 3 saturated heterocycles. The maximum atomic E-state index is 12.8. The van der Waals surface area contributed by atoms with E-state index in [-0.39, 0.29) is 17.6 Å². The molecule has 2 aromatic carbocycles. The number of aliphatic hydroxyl groups excluding tert-OH is 1. The van der Waals surface area contributed by atoms with Crippen molar-refractivity contribution >= 4 is 5.91 Å². The lowest BCUT2D eigenvalue weighted by Crippen LogP contribution is -2.78. The Morgan fingerprint density at radius 1 is 0.933 bits per heavy atom. The van der Waals surface area contributed by atoms with Gasteiger partial charge in [-0.25, -0.2) is 0 Å². The van der Waals surface area contributed by atoms with Crippen LogP contribution in [-0.2, 0) is 17.6 Å². The van der Waals surface area contributed by atoms with Crippen molar-refractivity contribution in [1.29, 1.82) is 0 Å². The molecule has 0 aromatic heterocycles. The Labute approximate surface area is 178 Å². The van der Waals surface area contributed by atoms with Crippen molar-refractivity contribution in [3.63, 3.8) is 0 Å². The summed E-state index contributed by atoms with van der Waals surface area (Å²) in [6.07, 6.45) is 2.13. The van der Waals surface area contributed by atoms with Gasteiger partial charge in [-0.05, 0) is 24.0 Å². The highest BCUT2D eigenvalue weighted by Crippen LogP contribution is 2.39. The fourth-order valence-corrected chi connectivity index (χ4v) is 5.62. The highest BCUT2D eigenvalue weighted by molar-refractivity contribution is 5.80. The van der Waals surface area contributed by atoms with Gasteiger partial charge in [0.25, 0.3) is 0 Å². The van der Waals surface area contributed by atoms with Crippen LogP contribution in [0.2, 0.25) is 0 Å². The molecular weight excluding hydrogens is 374 g/mol. The topological polar surface area (TPSA) is 47.0 Å². The predicted molar refractivity (Wildman–Crippen MR) is 117 cm³/mol. The molecule has 1 N–H and O–H groups in total. The minimum Gasteiger partial charge on any atom is -0.392 e. The molecule has 3 aliphatic rings. The molecule has 0 bridgehead atoms. The van der Waals surface area contributed by atoms with Gasteiger partial charge in [0.2, 0.25) is 5.91 Å². The number of hydrogen-bond donors (Lipinski definition) is 1. The summed E-state index contributed by atoms with van der Waals surface area (Å²) in [5.74, 6) is 0.213. The number of fused-ring (bicyclic) bond motifs is 2. The average molecular weight is 406 g/mol. The maximum absolute atomic E-state index is 12.8. The second-order valence-corrected chi connectivity index (χ2v) is 9.30. The number of aliphatic hydroxyl groups is 1. The molecular formula is C25H31N3O2. The number of carbonyl (C=O) groups excluding carboxylic acids is 1. The van der Waals surface area contributed by atoms with Crippen molar-refractivity contribution in [2.75, 3.05) is 39.3 Å². The molecule has 3 fully saturated rings. The Kier molecular flexibility index (Phi) is 5.35. The molecule has 5 nitrogen and oxygen atoms in total. The zero-order valence-corrected chi connectivity index (χ0v) is 17.5. The Balaban J connectivity index is 1.24. The van der Waals surface area contributed by atoms with E-state index in [0.717, 1.165) is 57.7 Å². The third-order valence-electron chi connectivity index (χ3n) is 7.07. The van der Waals surface area contributed by atoms with E-state index in [1.165, 1.54) is 5.56 Å². The predicted octanol–water partition coefficient (Wildman–Crippen LogP) is 1.80. The fraction of sp³-hybridized carbons (Fsp3) is 0.480. The molecule has 3 heterocycles. The molecule has 0 radical (unpaired) electrons. The van der Waals surface area contributed by atoms with Crippen molar-refractivity contribution in [3.8, 4) is 0 Å². The molecule has 158 valence electrons. The molecule has 2 unspecified atom stereocenters. The number of amides is 1. The van der Waals surface area contributed by atoms with Crippen molar-refractivity contribution in [3.05, 3.63) is 71.8 Å². The number of likely N-dealkylation sites (tertiary alicyclic amines) is 1. The zero-order valence-electron chi connectivity index (χ0n) is 17.5. The second-order valence-electron chi connectivity index (χ2n) is 9.30. The van der Waals surface area contributed by atoms with Crippen molar-refractivity contribution in [1.82, 2.24) is 14.7 Å². The van der Waals surface area contributed by atoms with Crippen LogP contribution in [0.15, 0.2) is 60.7 Å². The first-order valence-electron chi connectivity index (χ1n) is 11.1. The van der Waals surface area contributed by atoms with Crippen LogP contribution in [-0.4, -0.2) is 82.7 Å². The summed E-state index contributed by atoms with van der Waals surface area (Å²) >= 11 is 0. The minimum absolute atomic E-state index is 0.00341. The van der Waals surface area contributed by atoms with Crippen LogP contribution in [0.25, 0.3) is 0 Å². The van der Waals surface area contributed by atoms with E-state index in [4.69, 9.17) is 0 Å². The van der Waals surface area contributed by atoms with Gasteiger partial charge in [0.15, 0.2) is 0 Å². The number of carbonyl (C=O) groups is 1. The van der Waals surface area contributed by atoms with Gasteiger partial charge < -0.3 is 10.0 Å². The molecule has 30 heavy (non-hydrogen) atoms.